The van der Waals surface area contributed by atoms with Gasteiger partial charge in [-0.25, -0.2) is 0 Å². The van der Waals surface area contributed by atoms with E-state index < -0.39 is 0 Å². The van der Waals surface area contributed by atoms with E-state index in [1.807, 2.05) is 18.9 Å². The van der Waals surface area contributed by atoms with Crippen LogP contribution in [0.4, 0.5) is 0 Å². The van der Waals surface area contributed by atoms with Crippen molar-refractivity contribution in [1.29, 1.82) is 0 Å². The predicted molar refractivity (Wildman–Crippen MR) is 38.6 cm³/mol. The minimum Gasteiger partial charge on any atom is -0.506 e. The Labute approximate surface area is 59.9 Å². The van der Waals surface area contributed by atoms with Crippen LogP contribution >= 0.6 is 0 Å². The van der Waals surface area contributed by atoms with Crippen molar-refractivity contribution in [2.75, 3.05) is 7.05 Å². The number of allylic oxidation sites excluding steroid dienone is 1. The molecule has 0 saturated heterocycles. The number of aliphatic hydroxyl groups excluding tert-OH is 2. The van der Waals surface area contributed by atoms with Crippen LogP contribution in [0, 0.1) is 0 Å². The molecule has 1 atom stereocenters. The Morgan fingerprint density at radius 3 is 2.60 bits per heavy atom. The van der Waals surface area contributed by atoms with E-state index in [2.05, 4.69) is 0 Å². The number of hydrogen-bond donors (Lipinski definition) is 2. The molecule has 0 spiro atoms. The highest BCUT2D eigenvalue weighted by Gasteiger charge is 2.17. The first-order chi connectivity index (χ1) is 4.63. The molecule has 0 saturated carbocycles. The second kappa shape index (κ2) is 2.25. The zero-order valence-corrected chi connectivity index (χ0v) is 6.07. The van der Waals surface area contributed by atoms with Gasteiger partial charge in [-0.15, -0.1) is 0 Å². The summed E-state index contributed by atoms with van der Waals surface area (Å²) in [6, 6.07) is -0.120. The quantitative estimate of drug-likeness (QED) is 0.532. The van der Waals surface area contributed by atoms with Crippen LogP contribution in [-0.4, -0.2) is 28.2 Å². The van der Waals surface area contributed by atoms with Crippen LogP contribution in [0.5, 0.6) is 0 Å². The molecule has 3 nitrogen and oxygen atoms in total. The minimum absolute atomic E-state index is 0.0324. The summed E-state index contributed by atoms with van der Waals surface area (Å²) in [6.07, 6.45) is 3.19. The smallest absolute Gasteiger partial charge is 0.156 e. The Morgan fingerprint density at radius 1 is 1.50 bits per heavy atom. The van der Waals surface area contributed by atoms with E-state index in [0.29, 0.717) is 0 Å². The number of nitrogens with zero attached hydrogens (tertiary/aromatic N) is 1. The predicted octanol–water partition coefficient (Wildman–Crippen LogP) is 1.16. The molecule has 1 unspecified atom stereocenters. The Bertz CT molecular complexity index is 196. The second-order valence-corrected chi connectivity index (χ2v) is 2.43. The highest BCUT2D eigenvalue weighted by Crippen LogP contribution is 2.15. The summed E-state index contributed by atoms with van der Waals surface area (Å²) in [7, 11) is 1.84. The van der Waals surface area contributed by atoms with Crippen LogP contribution in [0.2, 0.25) is 0 Å². The van der Waals surface area contributed by atoms with Gasteiger partial charge in [0, 0.05) is 13.2 Å². The van der Waals surface area contributed by atoms with Crippen LogP contribution in [0.1, 0.15) is 6.92 Å². The molecule has 0 aromatic rings. The maximum Gasteiger partial charge on any atom is 0.156 e. The van der Waals surface area contributed by atoms with Crippen molar-refractivity contribution in [2.24, 2.45) is 0 Å². The zero-order valence-electron chi connectivity index (χ0n) is 6.07. The maximum atomic E-state index is 9.15. The average molecular weight is 141 g/mol. The summed E-state index contributed by atoms with van der Waals surface area (Å²) < 4.78 is 0. The summed E-state index contributed by atoms with van der Waals surface area (Å²) >= 11 is 0. The van der Waals surface area contributed by atoms with E-state index in [1.54, 1.807) is 6.20 Å². The van der Waals surface area contributed by atoms with Crippen LogP contribution in [-0.2, 0) is 0 Å². The van der Waals surface area contributed by atoms with E-state index in [9.17, 15) is 0 Å². The fraction of sp³-hybridized carbons (Fsp3) is 0.429. The van der Waals surface area contributed by atoms with E-state index in [0.717, 1.165) is 0 Å². The van der Waals surface area contributed by atoms with Gasteiger partial charge in [0.1, 0.15) is 0 Å². The number of hydrogen-bond acceptors (Lipinski definition) is 3. The van der Waals surface area contributed by atoms with Crippen molar-refractivity contribution in [3.05, 3.63) is 23.8 Å². The average Bonchev–Trinajstić information content (AvgIpc) is 1.93. The highest BCUT2D eigenvalue weighted by atomic mass is 16.3. The first kappa shape index (κ1) is 6.99. The van der Waals surface area contributed by atoms with Gasteiger partial charge >= 0.3 is 0 Å². The van der Waals surface area contributed by atoms with Crippen molar-refractivity contribution < 1.29 is 10.2 Å². The van der Waals surface area contributed by atoms with Gasteiger partial charge in [0.15, 0.2) is 11.5 Å². The monoisotopic (exact) mass is 141 g/mol. The lowest BCUT2D eigenvalue weighted by Crippen LogP contribution is -2.29. The molecule has 56 valence electrons. The highest BCUT2D eigenvalue weighted by molar-refractivity contribution is 5.22. The Hall–Kier alpha value is -1.12. The lowest BCUT2D eigenvalue weighted by atomic mass is 10.2. The topological polar surface area (TPSA) is 43.7 Å². The van der Waals surface area contributed by atoms with Gasteiger partial charge in [-0.2, -0.15) is 0 Å². The molecule has 2 N–H and O–H groups in total. The number of rotatable bonds is 0. The second-order valence-electron chi connectivity index (χ2n) is 2.43. The molecule has 1 rings (SSSR count). The first-order valence-electron chi connectivity index (χ1n) is 3.15. The summed E-state index contributed by atoms with van der Waals surface area (Å²) in [5, 5.41) is 18.1. The van der Waals surface area contributed by atoms with Gasteiger partial charge in [0.25, 0.3) is 0 Å². The summed E-state index contributed by atoms with van der Waals surface area (Å²) in [5.74, 6) is -0.00407. The summed E-state index contributed by atoms with van der Waals surface area (Å²) in [4.78, 5) is 1.81. The third-order valence-corrected chi connectivity index (χ3v) is 1.74. The largest absolute Gasteiger partial charge is 0.506 e. The van der Waals surface area contributed by atoms with Gasteiger partial charge in [0.05, 0.1) is 6.04 Å². The van der Waals surface area contributed by atoms with Crippen LogP contribution in [0.15, 0.2) is 23.8 Å². The van der Waals surface area contributed by atoms with Crippen molar-refractivity contribution in [2.45, 2.75) is 13.0 Å². The fourth-order valence-corrected chi connectivity index (χ4v) is 0.810. The lowest BCUT2D eigenvalue weighted by Gasteiger charge is -2.25. The lowest BCUT2D eigenvalue weighted by molar-refractivity contribution is 0.236. The summed E-state index contributed by atoms with van der Waals surface area (Å²) in [5.41, 5.74) is 0. The van der Waals surface area contributed by atoms with E-state index in [4.69, 9.17) is 10.2 Å². The molecule has 0 fully saturated rings. The van der Waals surface area contributed by atoms with E-state index in [-0.39, 0.29) is 17.6 Å². The van der Waals surface area contributed by atoms with Crippen molar-refractivity contribution in [3.8, 4) is 0 Å². The molecule has 3 heteroatoms. The molecule has 1 heterocycles. The Morgan fingerprint density at radius 2 is 2.10 bits per heavy atom. The van der Waals surface area contributed by atoms with Gasteiger partial charge in [-0.3, -0.25) is 0 Å². The van der Waals surface area contributed by atoms with Crippen molar-refractivity contribution in [1.82, 2.24) is 4.90 Å². The van der Waals surface area contributed by atoms with Crippen LogP contribution in [0.3, 0.4) is 0 Å². The maximum absolute atomic E-state index is 9.15. The normalized spacial score (nSPS) is 25.8. The third-order valence-electron chi connectivity index (χ3n) is 1.74. The SMILES string of the molecule is CC1C(O)=C(O)C=CN1C. The molecule has 0 aromatic heterocycles. The Balaban J connectivity index is 2.88. The van der Waals surface area contributed by atoms with Crippen molar-refractivity contribution >= 4 is 0 Å². The van der Waals surface area contributed by atoms with Gasteiger partial charge in [-0.1, -0.05) is 0 Å². The number of aliphatic hydroxyl groups is 2. The van der Waals surface area contributed by atoms with E-state index >= 15 is 0 Å². The number of likely N-dealkylation sites (N-methyl/N-ethyl adjacent to an activating group) is 1. The molecule has 1 aliphatic heterocycles. The van der Waals surface area contributed by atoms with Gasteiger partial charge in [0.2, 0.25) is 0 Å². The molecular formula is C7H11NO2. The third kappa shape index (κ3) is 0.943. The zero-order chi connectivity index (χ0) is 7.72. The molecule has 1 aliphatic rings. The fourth-order valence-electron chi connectivity index (χ4n) is 0.810. The standard InChI is InChI=1S/C7H11NO2/c1-5-7(10)6(9)3-4-8(5)2/h3-5,9-10H,1-2H3. The minimum atomic E-state index is -0.120. The molecule has 0 amide bonds. The first-order valence-corrected chi connectivity index (χ1v) is 3.15. The molecule has 0 aliphatic carbocycles. The molecule has 0 bridgehead atoms. The summed E-state index contributed by atoms with van der Waals surface area (Å²) in [6.45, 7) is 1.81. The van der Waals surface area contributed by atoms with Gasteiger partial charge < -0.3 is 15.1 Å². The molecular weight excluding hydrogens is 130 g/mol. The molecule has 0 radical (unpaired) electrons. The Kier molecular flexibility index (Phi) is 1.57. The van der Waals surface area contributed by atoms with E-state index in [1.165, 1.54) is 6.08 Å². The van der Waals surface area contributed by atoms with Crippen LogP contribution < -0.4 is 0 Å². The van der Waals surface area contributed by atoms with Crippen LogP contribution in [0.25, 0.3) is 0 Å². The molecule has 0 aromatic carbocycles. The van der Waals surface area contributed by atoms with Gasteiger partial charge in [-0.05, 0) is 13.0 Å². The molecule has 10 heavy (non-hydrogen) atoms. The van der Waals surface area contributed by atoms with Crippen molar-refractivity contribution in [3.63, 3.8) is 0 Å².